The highest BCUT2D eigenvalue weighted by Gasteiger charge is 2.22. The average Bonchev–Trinajstić information content (AvgIpc) is 2.81. The summed E-state index contributed by atoms with van der Waals surface area (Å²) in [5, 5.41) is 4.69. The Labute approximate surface area is 126 Å². The van der Waals surface area contributed by atoms with E-state index in [-0.39, 0.29) is 5.91 Å². The lowest BCUT2D eigenvalue weighted by molar-refractivity contribution is 0.0826. The zero-order valence-corrected chi connectivity index (χ0v) is 13.3. The van der Waals surface area contributed by atoms with E-state index in [9.17, 15) is 4.79 Å². The number of hydrogen-bond donors (Lipinski definition) is 0. The molecule has 1 aromatic heterocycles. The summed E-state index contributed by atoms with van der Waals surface area (Å²) < 4.78 is 1.88. The van der Waals surface area contributed by atoms with Crippen LogP contribution in [0.2, 0.25) is 0 Å². The van der Waals surface area contributed by atoms with E-state index >= 15 is 0 Å². The molecule has 0 bridgehead atoms. The molecule has 0 unspecified atom stereocenters. The maximum atomic E-state index is 12.5. The maximum absolute atomic E-state index is 12.5. The van der Waals surface area contributed by atoms with E-state index in [1.165, 1.54) is 0 Å². The SMILES string of the molecule is CCCCc1nn(-c2ccccc2)c(C)c1C(=O)N(C)C. The van der Waals surface area contributed by atoms with Crippen molar-refractivity contribution >= 4 is 5.91 Å². The quantitative estimate of drug-likeness (QED) is 0.846. The lowest BCUT2D eigenvalue weighted by Gasteiger charge is -2.11. The molecule has 0 spiro atoms. The molecular formula is C17H23N3O. The summed E-state index contributed by atoms with van der Waals surface area (Å²) in [5.41, 5.74) is 3.55. The predicted octanol–water partition coefficient (Wildman–Crippen LogP) is 3.23. The fourth-order valence-electron chi connectivity index (χ4n) is 2.40. The molecule has 0 N–H and O–H groups in total. The number of aryl methyl sites for hydroxylation is 1. The van der Waals surface area contributed by atoms with Crippen LogP contribution in [-0.2, 0) is 6.42 Å². The van der Waals surface area contributed by atoms with E-state index in [1.54, 1.807) is 19.0 Å². The van der Waals surface area contributed by atoms with Crippen molar-refractivity contribution in [2.24, 2.45) is 0 Å². The van der Waals surface area contributed by atoms with Gasteiger partial charge < -0.3 is 4.90 Å². The molecule has 0 saturated heterocycles. The minimum Gasteiger partial charge on any atom is -0.345 e. The van der Waals surface area contributed by atoms with Crippen LogP contribution in [0, 0.1) is 6.92 Å². The molecule has 1 heterocycles. The van der Waals surface area contributed by atoms with Gasteiger partial charge in [0.15, 0.2) is 0 Å². The molecular weight excluding hydrogens is 262 g/mol. The average molecular weight is 285 g/mol. The second kappa shape index (κ2) is 6.57. The Bertz CT molecular complexity index is 614. The van der Waals surface area contributed by atoms with Gasteiger partial charge in [-0.3, -0.25) is 4.79 Å². The topological polar surface area (TPSA) is 38.1 Å². The lowest BCUT2D eigenvalue weighted by Crippen LogP contribution is -2.23. The molecule has 1 amide bonds. The number of nitrogens with zero attached hydrogens (tertiary/aromatic N) is 3. The lowest BCUT2D eigenvalue weighted by atomic mass is 10.1. The summed E-state index contributed by atoms with van der Waals surface area (Å²) in [5.74, 6) is 0.0285. The Morgan fingerprint density at radius 1 is 1.24 bits per heavy atom. The number of unbranched alkanes of at least 4 members (excludes halogenated alkanes) is 1. The predicted molar refractivity (Wildman–Crippen MR) is 84.9 cm³/mol. The number of para-hydroxylation sites is 1. The van der Waals surface area contributed by atoms with Gasteiger partial charge in [0.2, 0.25) is 0 Å². The molecule has 0 fully saturated rings. The largest absolute Gasteiger partial charge is 0.345 e. The van der Waals surface area contributed by atoms with Crippen molar-refractivity contribution in [3.8, 4) is 5.69 Å². The molecule has 0 saturated carbocycles. The highest BCUT2D eigenvalue weighted by molar-refractivity contribution is 5.96. The molecule has 2 aromatic rings. The number of benzene rings is 1. The van der Waals surface area contributed by atoms with E-state index in [1.807, 2.05) is 41.9 Å². The number of carbonyl (C=O) groups excluding carboxylic acids is 1. The minimum atomic E-state index is 0.0285. The van der Waals surface area contributed by atoms with Gasteiger partial charge in [-0.1, -0.05) is 31.5 Å². The van der Waals surface area contributed by atoms with Gasteiger partial charge in [0.1, 0.15) is 0 Å². The first-order valence-corrected chi connectivity index (χ1v) is 7.41. The molecule has 4 heteroatoms. The second-order valence-corrected chi connectivity index (χ2v) is 5.46. The van der Waals surface area contributed by atoms with E-state index in [0.717, 1.165) is 41.9 Å². The molecule has 1 aromatic carbocycles. The van der Waals surface area contributed by atoms with Gasteiger partial charge in [0.25, 0.3) is 5.91 Å². The van der Waals surface area contributed by atoms with Gasteiger partial charge in [-0.2, -0.15) is 5.10 Å². The van der Waals surface area contributed by atoms with Gasteiger partial charge in [-0.05, 0) is 31.9 Å². The molecule has 112 valence electrons. The number of carbonyl (C=O) groups is 1. The summed E-state index contributed by atoms with van der Waals surface area (Å²) in [6, 6.07) is 9.96. The van der Waals surface area contributed by atoms with Crippen LogP contribution in [0.15, 0.2) is 30.3 Å². The van der Waals surface area contributed by atoms with Crippen LogP contribution in [0.4, 0.5) is 0 Å². The minimum absolute atomic E-state index is 0.0285. The summed E-state index contributed by atoms with van der Waals surface area (Å²) in [7, 11) is 3.57. The third kappa shape index (κ3) is 3.15. The van der Waals surface area contributed by atoms with Crippen molar-refractivity contribution in [1.29, 1.82) is 0 Å². The van der Waals surface area contributed by atoms with Gasteiger partial charge in [0, 0.05) is 14.1 Å². The number of rotatable bonds is 5. The third-order valence-electron chi connectivity index (χ3n) is 3.58. The Balaban J connectivity index is 2.51. The fourth-order valence-corrected chi connectivity index (χ4v) is 2.40. The number of amides is 1. The van der Waals surface area contributed by atoms with Gasteiger partial charge >= 0.3 is 0 Å². The van der Waals surface area contributed by atoms with Crippen LogP contribution < -0.4 is 0 Å². The highest BCUT2D eigenvalue weighted by Crippen LogP contribution is 2.21. The summed E-state index contributed by atoms with van der Waals surface area (Å²) in [4.78, 5) is 14.1. The highest BCUT2D eigenvalue weighted by atomic mass is 16.2. The zero-order valence-electron chi connectivity index (χ0n) is 13.3. The Hall–Kier alpha value is -2.10. The first-order chi connectivity index (χ1) is 10.1. The zero-order chi connectivity index (χ0) is 15.4. The standard InChI is InChI=1S/C17H23N3O/c1-5-6-12-15-16(17(21)19(3)4)13(2)20(18-15)14-10-8-7-9-11-14/h7-11H,5-6,12H2,1-4H3. The van der Waals surface area contributed by atoms with Crippen LogP contribution in [0.25, 0.3) is 5.69 Å². The van der Waals surface area contributed by atoms with Crippen molar-refractivity contribution in [1.82, 2.24) is 14.7 Å². The second-order valence-electron chi connectivity index (χ2n) is 5.46. The molecule has 0 aliphatic heterocycles. The van der Waals surface area contributed by atoms with Crippen molar-refractivity contribution < 1.29 is 4.79 Å². The molecule has 21 heavy (non-hydrogen) atoms. The molecule has 0 atom stereocenters. The molecule has 2 rings (SSSR count). The van der Waals surface area contributed by atoms with Crippen LogP contribution in [-0.4, -0.2) is 34.7 Å². The Morgan fingerprint density at radius 3 is 2.48 bits per heavy atom. The van der Waals surface area contributed by atoms with Gasteiger partial charge in [0.05, 0.1) is 22.6 Å². The van der Waals surface area contributed by atoms with Crippen molar-refractivity contribution in [2.45, 2.75) is 33.1 Å². The van der Waals surface area contributed by atoms with E-state index in [4.69, 9.17) is 5.10 Å². The summed E-state index contributed by atoms with van der Waals surface area (Å²) >= 11 is 0. The summed E-state index contributed by atoms with van der Waals surface area (Å²) in [6.45, 7) is 4.11. The molecule has 4 nitrogen and oxygen atoms in total. The van der Waals surface area contributed by atoms with E-state index in [2.05, 4.69) is 6.92 Å². The molecule has 0 radical (unpaired) electrons. The van der Waals surface area contributed by atoms with Crippen molar-refractivity contribution in [3.63, 3.8) is 0 Å². The van der Waals surface area contributed by atoms with Crippen LogP contribution in [0.1, 0.15) is 41.5 Å². The number of hydrogen-bond acceptors (Lipinski definition) is 2. The monoisotopic (exact) mass is 285 g/mol. The van der Waals surface area contributed by atoms with Crippen molar-refractivity contribution in [2.75, 3.05) is 14.1 Å². The first-order valence-electron chi connectivity index (χ1n) is 7.41. The van der Waals surface area contributed by atoms with E-state index < -0.39 is 0 Å². The van der Waals surface area contributed by atoms with Crippen molar-refractivity contribution in [3.05, 3.63) is 47.3 Å². The van der Waals surface area contributed by atoms with Crippen LogP contribution in [0.3, 0.4) is 0 Å². The van der Waals surface area contributed by atoms with Gasteiger partial charge in [-0.25, -0.2) is 4.68 Å². The van der Waals surface area contributed by atoms with Gasteiger partial charge in [-0.15, -0.1) is 0 Å². The Kier molecular flexibility index (Phi) is 4.78. The van der Waals surface area contributed by atoms with E-state index in [0.29, 0.717) is 0 Å². The first kappa shape index (κ1) is 15.3. The molecule has 0 aliphatic carbocycles. The smallest absolute Gasteiger partial charge is 0.257 e. The van der Waals surface area contributed by atoms with Crippen LogP contribution >= 0.6 is 0 Å². The fraction of sp³-hybridized carbons (Fsp3) is 0.412. The maximum Gasteiger partial charge on any atom is 0.257 e. The molecule has 0 aliphatic rings. The Morgan fingerprint density at radius 2 is 1.90 bits per heavy atom. The van der Waals surface area contributed by atoms with Crippen LogP contribution in [0.5, 0.6) is 0 Å². The summed E-state index contributed by atoms with van der Waals surface area (Å²) in [6.07, 6.45) is 2.97. The third-order valence-corrected chi connectivity index (χ3v) is 3.58. The normalized spacial score (nSPS) is 10.7. The number of aromatic nitrogens is 2.